The standard InChI is InChI=1S/C14H12FN3O4/c15-11-3-1-2-4-12(11)16-13(19)7-8-17-9-10(18(21)22)5-6-14(17)20/h1-6,9H,7-8H2,(H,16,19). The number of rotatable bonds is 5. The van der Waals surface area contributed by atoms with Crippen LogP contribution in [0.25, 0.3) is 0 Å². The van der Waals surface area contributed by atoms with Gasteiger partial charge in [-0.15, -0.1) is 0 Å². The van der Waals surface area contributed by atoms with Crippen LogP contribution in [0.1, 0.15) is 6.42 Å². The van der Waals surface area contributed by atoms with Crippen LogP contribution in [0.2, 0.25) is 0 Å². The van der Waals surface area contributed by atoms with Gasteiger partial charge in [0.2, 0.25) is 5.91 Å². The maximum absolute atomic E-state index is 13.4. The third-order valence-electron chi connectivity index (χ3n) is 2.91. The molecule has 0 radical (unpaired) electrons. The monoisotopic (exact) mass is 305 g/mol. The topological polar surface area (TPSA) is 94.2 Å². The lowest BCUT2D eigenvalue weighted by atomic mass is 10.3. The second-order valence-electron chi connectivity index (χ2n) is 4.45. The third kappa shape index (κ3) is 3.75. The number of para-hydroxylation sites is 1. The minimum absolute atomic E-state index is 0.0406. The van der Waals surface area contributed by atoms with Crippen LogP contribution in [0.5, 0.6) is 0 Å². The molecule has 0 unspecified atom stereocenters. The van der Waals surface area contributed by atoms with E-state index < -0.39 is 22.2 Å². The summed E-state index contributed by atoms with van der Waals surface area (Å²) >= 11 is 0. The molecule has 22 heavy (non-hydrogen) atoms. The Morgan fingerprint density at radius 3 is 2.68 bits per heavy atom. The highest BCUT2D eigenvalue weighted by Crippen LogP contribution is 2.13. The van der Waals surface area contributed by atoms with Gasteiger partial charge in [-0.3, -0.25) is 19.7 Å². The first-order chi connectivity index (χ1) is 10.5. The maximum Gasteiger partial charge on any atom is 0.285 e. The van der Waals surface area contributed by atoms with Crippen LogP contribution in [-0.4, -0.2) is 15.4 Å². The quantitative estimate of drug-likeness (QED) is 0.674. The summed E-state index contributed by atoms with van der Waals surface area (Å²) in [6, 6.07) is 7.84. The van der Waals surface area contributed by atoms with Crippen LogP contribution in [0, 0.1) is 15.9 Å². The predicted molar refractivity (Wildman–Crippen MR) is 77.0 cm³/mol. The Balaban J connectivity index is 2.02. The molecule has 1 heterocycles. The highest BCUT2D eigenvalue weighted by atomic mass is 19.1. The van der Waals surface area contributed by atoms with Gasteiger partial charge in [-0.25, -0.2) is 4.39 Å². The van der Waals surface area contributed by atoms with Crippen molar-refractivity contribution in [1.82, 2.24) is 4.57 Å². The Morgan fingerprint density at radius 1 is 1.27 bits per heavy atom. The van der Waals surface area contributed by atoms with Crippen molar-refractivity contribution in [3.05, 3.63) is 68.9 Å². The van der Waals surface area contributed by atoms with E-state index in [1.54, 1.807) is 6.07 Å². The number of carbonyl (C=O) groups excluding carboxylic acids is 1. The van der Waals surface area contributed by atoms with E-state index in [1.165, 1.54) is 18.2 Å². The van der Waals surface area contributed by atoms with Crippen LogP contribution < -0.4 is 10.9 Å². The van der Waals surface area contributed by atoms with Crippen LogP contribution in [0.3, 0.4) is 0 Å². The van der Waals surface area contributed by atoms with Gasteiger partial charge >= 0.3 is 0 Å². The second-order valence-corrected chi connectivity index (χ2v) is 4.45. The molecule has 0 bridgehead atoms. The van der Waals surface area contributed by atoms with Gasteiger partial charge in [-0.05, 0) is 12.1 Å². The number of nitrogens with zero attached hydrogens (tertiary/aromatic N) is 2. The van der Waals surface area contributed by atoms with Crippen molar-refractivity contribution in [2.45, 2.75) is 13.0 Å². The van der Waals surface area contributed by atoms with Crippen molar-refractivity contribution in [2.24, 2.45) is 0 Å². The summed E-state index contributed by atoms with van der Waals surface area (Å²) in [7, 11) is 0. The first-order valence-electron chi connectivity index (χ1n) is 6.36. The number of nitrogens with one attached hydrogen (secondary N) is 1. The Hall–Kier alpha value is -3.03. The number of hydrogen-bond donors (Lipinski definition) is 1. The smallest absolute Gasteiger partial charge is 0.285 e. The van der Waals surface area contributed by atoms with Gasteiger partial charge in [0.15, 0.2) is 0 Å². The zero-order chi connectivity index (χ0) is 16.1. The molecule has 1 amide bonds. The summed E-state index contributed by atoms with van der Waals surface area (Å²) in [5, 5.41) is 13.0. The second kappa shape index (κ2) is 6.61. The van der Waals surface area contributed by atoms with Crippen LogP contribution in [-0.2, 0) is 11.3 Å². The normalized spacial score (nSPS) is 10.2. The highest BCUT2D eigenvalue weighted by molar-refractivity contribution is 5.90. The van der Waals surface area contributed by atoms with Gasteiger partial charge in [-0.2, -0.15) is 0 Å². The first kappa shape index (κ1) is 15.4. The van der Waals surface area contributed by atoms with E-state index in [1.807, 2.05) is 0 Å². The molecule has 8 heteroatoms. The molecule has 7 nitrogen and oxygen atoms in total. The van der Waals surface area contributed by atoms with Gasteiger partial charge in [0.1, 0.15) is 5.82 Å². The first-order valence-corrected chi connectivity index (χ1v) is 6.36. The molecule has 0 aliphatic carbocycles. The molecule has 114 valence electrons. The van der Waals surface area contributed by atoms with Crippen molar-refractivity contribution >= 4 is 17.3 Å². The van der Waals surface area contributed by atoms with Gasteiger partial charge in [0.05, 0.1) is 16.8 Å². The number of carbonyl (C=O) groups is 1. The molecule has 0 atom stereocenters. The maximum atomic E-state index is 13.4. The number of aryl methyl sites for hydroxylation is 1. The van der Waals surface area contributed by atoms with Crippen LogP contribution in [0.4, 0.5) is 15.8 Å². The summed E-state index contributed by atoms with van der Waals surface area (Å²) in [4.78, 5) is 33.3. The van der Waals surface area contributed by atoms with Gasteiger partial charge < -0.3 is 9.88 Å². The largest absolute Gasteiger partial charge is 0.324 e. The Morgan fingerprint density at radius 2 is 2.00 bits per heavy atom. The third-order valence-corrected chi connectivity index (χ3v) is 2.91. The molecule has 0 saturated heterocycles. The van der Waals surface area contributed by atoms with Gasteiger partial charge in [0.25, 0.3) is 11.2 Å². The molecular formula is C14H12FN3O4. The van der Waals surface area contributed by atoms with Crippen molar-refractivity contribution in [2.75, 3.05) is 5.32 Å². The Labute approximate surface area is 124 Å². The zero-order valence-corrected chi connectivity index (χ0v) is 11.4. The minimum atomic E-state index is -0.630. The molecule has 0 aliphatic heterocycles. The lowest BCUT2D eigenvalue weighted by Gasteiger charge is -2.07. The van der Waals surface area contributed by atoms with Crippen LogP contribution in [0.15, 0.2) is 47.4 Å². The summed E-state index contributed by atoms with van der Waals surface area (Å²) in [6.07, 6.45) is 0.953. The van der Waals surface area contributed by atoms with Crippen LogP contribution >= 0.6 is 0 Å². The average Bonchev–Trinajstić information content (AvgIpc) is 2.48. The summed E-state index contributed by atoms with van der Waals surface area (Å²) in [5.41, 5.74) is -0.655. The van der Waals surface area contributed by atoms with E-state index in [9.17, 15) is 24.1 Å². The van der Waals surface area contributed by atoms with E-state index in [4.69, 9.17) is 0 Å². The summed E-state index contributed by atoms with van der Waals surface area (Å²) < 4.78 is 14.4. The zero-order valence-electron chi connectivity index (χ0n) is 11.4. The molecule has 1 aromatic carbocycles. The number of benzene rings is 1. The lowest BCUT2D eigenvalue weighted by Crippen LogP contribution is -2.22. The average molecular weight is 305 g/mol. The lowest BCUT2D eigenvalue weighted by molar-refractivity contribution is -0.385. The number of aromatic nitrogens is 1. The fraction of sp³-hybridized carbons (Fsp3) is 0.143. The Kier molecular flexibility index (Phi) is 4.62. The fourth-order valence-electron chi connectivity index (χ4n) is 1.80. The fourth-order valence-corrected chi connectivity index (χ4v) is 1.80. The van der Waals surface area contributed by atoms with E-state index in [-0.39, 0.29) is 24.3 Å². The molecule has 0 saturated carbocycles. The van der Waals surface area contributed by atoms with E-state index in [0.29, 0.717) is 0 Å². The number of anilines is 1. The molecule has 2 rings (SSSR count). The van der Waals surface area contributed by atoms with Gasteiger partial charge in [0, 0.05) is 25.1 Å². The number of halogens is 1. The number of amides is 1. The molecule has 0 fully saturated rings. The van der Waals surface area contributed by atoms with E-state index >= 15 is 0 Å². The van der Waals surface area contributed by atoms with Crippen molar-refractivity contribution in [3.8, 4) is 0 Å². The number of nitro groups is 1. The Bertz CT molecular complexity index is 773. The SMILES string of the molecule is O=C(CCn1cc([N+](=O)[O-])ccc1=O)Nc1ccccc1F. The number of hydrogen-bond acceptors (Lipinski definition) is 4. The molecule has 0 spiro atoms. The molecule has 1 N–H and O–H groups in total. The van der Waals surface area contributed by atoms with Gasteiger partial charge in [-0.1, -0.05) is 12.1 Å². The summed E-state index contributed by atoms with van der Waals surface area (Å²) in [6.45, 7) is -0.0409. The predicted octanol–water partition coefficient (Wildman–Crippen LogP) is 1.92. The van der Waals surface area contributed by atoms with Crippen molar-refractivity contribution < 1.29 is 14.1 Å². The molecule has 1 aromatic heterocycles. The molecule has 2 aromatic rings. The number of pyridine rings is 1. The van der Waals surface area contributed by atoms with E-state index in [0.717, 1.165) is 22.9 Å². The highest BCUT2D eigenvalue weighted by Gasteiger charge is 2.10. The van der Waals surface area contributed by atoms with Crippen molar-refractivity contribution in [3.63, 3.8) is 0 Å². The summed E-state index contributed by atoms with van der Waals surface area (Å²) in [5.74, 6) is -1.06. The van der Waals surface area contributed by atoms with Crippen molar-refractivity contribution in [1.29, 1.82) is 0 Å². The minimum Gasteiger partial charge on any atom is -0.324 e. The molecule has 0 aliphatic rings. The molecular weight excluding hydrogens is 293 g/mol. The van der Waals surface area contributed by atoms with E-state index in [2.05, 4.69) is 5.32 Å².